The van der Waals surface area contributed by atoms with Gasteiger partial charge in [-0.1, -0.05) is 91.4 Å². The van der Waals surface area contributed by atoms with Gasteiger partial charge in [-0.25, -0.2) is 0 Å². The quantitative estimate of drug-likeness (QED) is 0.125. The molecule has 1 aliphatic rings. The molecule has 0 saturated heterocycles. The Morgan fingerprint density at radius 3 is 1.73 bits per heavy atom. The molecular formula is C26H28N6O. The molecule has 0 radical (unpaired) electrons. The fraction of sp³-hybridized carbons (Fsp3) is 0.346. The van der Waals surface area contributed by atoms with Gasteiger partial charge in [-0.05, 0) is 59.5 Å². The SMILES string of the molecule is CCCCCCC1C/C(=C/c2ccc(N=[N+]=[N-])cc2)C(=O)/C(=C/c2ccc(N=[N+]=[N-])cc2)C1. The second-order valence-corrected chi connectivity index (χ2v) is 8.35. The van der Waals surface area contributed by atoms with Crippen molar-refractivity contribution in [3.05, 3.63) is 91.7 Å². The number of Topliss-reactive ketones (excluding diaryl/α,β-unsaturated/α-hetero) is 1. The largest absolute Gasteiger partial charge is 0.289 e. The molecule has 2 aromatic carbocycles. The maximum atomic E-state index is 13.3. The van der Waals surface area contributed by atoms with E-state index in [9.17, 15) is 4.79 Å². The maximum Gasteiger partial charge on any atom is 0.185 e. The van der Waals surface area contributed by atoms with Crippen LogP contribution < -0.4 is 0 Å². The number of carbonyl (C=O) groups is 1. The van der Waals surface area contributed by atoms with Gasteiger partial charge in [-0.2, -0.15) is 0 Å². The molecule has 33 heavy (non-hydrogen) atoms. The average Bonchev–Trinajstić information content (AvgIpc) is 2.82. The first-order valence-electron chi connectivity index (χ1n) is 11.4. The Kier molecular flexibility index (Phi) is 8.89. The zero-order valence-corrected chi connectivity index (χ0v) is 18.9. The first-order valence-corrected chi connectivity index (χ1v) is 11.4. The molecule has 0 heterocycles. The van der Waals surface area contributed by atoms with Crippen LogP contribution in [0, 0.1) is 5.92 Å². The zero-order valence-electron chi connectivity index (χ0n) is 18.9. The van der Waals surface area contributed by atoms with Gasteiger partial charge in [0.1, 0.15) is 0 Å². The van der Waals surface area contributed by atoms with Crippen LogP contribution in [0.3, 0.4) is 0 Å². The molecule has 1 aliphatic carbocycles. The summed E-state index contributed by atoms with van der Waals surface area (Å²) in [7, 11) is 0. The van der Waals surface area contributed by atoms with Crippen LogP contribution in [0.5, 0.6) is 0 Å². The Hall–Kier alpha value is -3.79. The van der Waals surface area contributed by atoms with Crippen molar-refractivity contribution in [1.82, 2.24) is 0 Å². The molecule has 168 valence electrons. The van der Waals surface area contributed by atoms with Crippen molar-refractivity contribution in [3.8, 4) is 0 Å². The van der Waals surface area contributed by atoms with E-state index in [2.05, 4.69) is 27.0 Å². The number of nitrogens with zero attached hydrogens (tertiary/aromatic N) is 6. The molecule has 1 saturated carbocycles. The van der Waals surface area contributed by atoms with Crippen molar-refractivity contribution in [2.45, 2.75) is 51.9 Å². The van der Waals surface area contributed by atoms with Gasteiger partial charge in [0.15, 0.2) is 5.78 Å². The minimum absolute atomic E-state index is 0.0815. The van der Waals surface area contributed by atoms with Gasteiger partial charge in [0, 0.05) is 32.3 Å². The summed E-state index contributed by atoms with van der Waals surface area (Å²) in [5.74, 6) is 0.514. The Bertz CT molecular complexity index is 1030. The molecule has 7 nitrogen and oxygen atoms in total. The van der Waals surface area contributed by atoms with Crippen LogP contribution in [0.1, 0.15) is 63.0 Å². The molecule has 0 bridgehead atoms. The van der Waals surface area contributed by atoms with E-state index >= 15 is 0 Å². The van der Waals surface area contributed by atoms with E-state index < -0.39 is 0 Å². The number of rotatable bonds is 9. The highest BCUT2D eigenvalue weighted by Crippen LogP contribution is 2.35. The number of ketones is 1. The molecule has 7 heteroatoms. The predicted molar refractivity (Wildman–Crippen MR) is 133 cm³/mol. The molecule has 1 unspecified atom stereocenters. The van der Waals surface area contributed by atoms with Gasteiger partial charge < -0.3 is 0 Å². The molecule has 0 amide bonds. The number of carbonyl (C=O) groups excluding carboxylic acids is 1. The van der Waals surface area contributed by atoms with Crippen LogP contribution in [-0.2, 0) is 4.79 Å². The normalized spacial score (nSPS) is 18.1. The Morgan fingerprint density at radius 2 is 1.30 bits per heavy atom. The van der Waals surface area contributed by atoms with E-state index in [0.29, 0.717) is 17.3 Å². The van der Waals surface area contributed by atoms with E-state index in [-0.39, 0.29) is 5.78 Å². The van der Waals surface area contributed by atoms with Crippen LogP contribution in [0.25, 0.3) is 33.0 Å². The van der Waals surface area contributed by atoms with Gasteiger partial charge in [0.2, 0.25) is 0 Å². The lowest BCUT2D eigenvalue weighted by Crippen LogP contribution is -2.20. The fourth-order valence-corrected chi connectivity index (χ4v) is 4.18. The first kappa shape index (κ1) is 23.9. The molecule has 0 aliphatic heterocycles. The van der Waals surface area contributed by atoms with Crippen LogP contribution in [0.2, 0.25) is 0 Å². The molecule has 1 atom stereocenters. The molecule has 0 aromatic heterocycles. The van der Waals surface area contributed by atoms with Crippen molar-refractivity contribution in [2.24, 2.45) is 16.1 Å². The Morgan fingerprint density at radius 1 is 0.818 bits per heavy atom. The maximum absolute atomic E-state index is 13.3. The molecular weight excluding hydrogens is 412 g/mol. The van der Waals surface area contributed by atoms with Crippen molar-refractivity contribution in [2.75, 3.05) is 0 Å². The van der Waals surface area contributed by atoms with E-state index in [0.717, 1.165) is 41.5 Å². The van der Waals surface area contributed by atoms with Gasteiger partial charge in [-0.15, -0.1) is 0 Å². The van der Waals surface area contributed by atoms with Crippen LogP contribution in [0.15, 0.2) is 69.9 Å². The van der Waals surface area contributed by atoms with Crippen molar-refractivity contribution < 1.29 is 4.79 Å². The van der Waals surface area contributed by atoms with E-state index in [1.165, 1.54) is 25.7 Å². The standard InChI is InChI=1S/C26H28N6O/c1-2-3-4-5-6-21-17-22(15-19-7-11-24(12-8-19)29-31-27)26(33)23(18-21)16-20-9-13-25(14-10-20)30-32-28/h7-16,21H,2-6,17-18H2,1H3/b22-15-,23-16+. The second-order valence-electron chi connectivity index (χ2n) is 8.35. The highest BCUT2D eigenvalue weighted by Gasteiger charge is 2.27. The fourth-order valence-electron chi connectivity index (χ4n) is 4.18. The van der Waals surface area contributed by atoms with Gasteiger partial charge in [0.25, 0.3) is 0 Å². The Labute approximate surface area is 194 Å². The lowest BCUT2D eigenvalue weighted by molar-refractivity contribution is -0.113. The number of hydrogen-bond acceptors (Lipinski definition) is 3. The van der Waals surface area contributed by atoms with E-state index in [4.69, 9.17) is 11.1 Å². The summed E-state index contributed by atoms with van der Waals surface area (Å²) in [5.41, 5.74) is 21.7. The average molecular weight is 441 g/mol. The third-order valence-electron chi connectivity index (χ3n) is 5.85. The highest BCUT2D eigenvalue weighted by molar-refractivity contribution is 6.14. The lowest BCUT2D eigenvalue weighted by atomic mass is 9.77. The lowest BCUT2D eigenvalue weighted by Gasteiger charge is -2.26. The summed E-state index contributed by atoms with van der Waals surface area (Å²) < 4.78 is 0. The van der Waals surface area contributed by atoms with Crippen LogP contribution in [0.4, 0.5) is 11.4 Å². The van der Waals surface area contributed by atoms with Gasteiger partial charge >= 0.3 is 0 Å². The summed E-state index contributed by atoms with van der Waals surface area (Å²) in [4.78, 5) is 18.9. The summed E-state index contributed by atoms with van der Waals surface area (Å²) in [6.45, 7) is 2.21. The van der Waals surface area contributed by atoms with E-state index in [1.54, 1.807) is 24.3 Å². The number of allylic oxidation sites excluding steroid dienone is 2. The summed E-state index contributed by atoms with van der Waals surface area (Å²) in [6.07, 6.45) is 11.4. The number of benzene rings is 2. The number of unbranched alkanes of at least 4 members (excludes halogenated alkanes) is 3. The molecule has 1 fully saturated rings. The summed E-state index contributed by atoms with van der Waals surface area (Å²) in [5, 5.41) is 7.21. The Balaban J connectivity index is 1.86. The first-order chi connectivity index (χ1) is 16.1. The number of hydrogen-bond donors (Lipinski definition) is 0. The zero-order chi connectivity index (χ0) is 23.5. The summed E-state index contributed by atoms with van der Waals surface area (Å²) >= 11 is 0. The molecule has 0 N–H and O–H groups in total. The van der Waals surface area contributed by atoms with Gasteiger partial charge in [-0.3, -0.25) is 4.79 Å². The predicted octanol–water partition coefficient (Wildman–Crippen LogP) is 8.99. The molecule has 2 aromatic rings. The second kappa shape index (κ2) is 12.3. The summed E-state index contributed by atoms with van der Waals surface area (Å²) in [6, 6.07) is 14.5. The van der Waals surface area contributed by atoms with Crippen LogP contribution in [-0.4, -0.2) is 5.78 Å². The topological polar surface area (TPSA) is 115 Å². The third kappa shape index (κ3) is 7.11. The van der Waals surface area contributed by atoms with Gasteiger partial charge in [0.05, 0.1) is 0 Å². The number of azide groups is 2. The van der Waals surface area contributed by atoms with Crippen molar-refractivity contribution in [3.63, 3.8) is 0 Å². The molecule has 3 rings (SSSR count). The van der Waals surface area contributed by atoms with Crippen LogP contribution >= 0.6 is 0 Å². The smallest absolute Gasteiger partial charge is 0.185 e. The van der Waals surface area contributed by atoms with E-state index in [1.807, 2.05) is 36.4 Å². The van der Waals surface area contributed by atoms with Crippen molar-refractivity contribution >= 4 is 29.3 Å². The third-order valence-corrected chi connectivity index (χ3v) is 5.85. The monoisotopic (exact) mass is 440 g/mol. The van der Waals surface area contributed by atoms with Crippen molar-refractivity contribution in [1.29, 1.82) is 0 Å². The minimum Gasteiger partial charge on any atom is -0.289 e. The minimum atomic E-state index is 0.0815. The molecule has 0 spiro atoms. The highest BCUT2D eigenvalue weighted by atomic mass is 16.1.